The van der Waals surface area contributed by atoms with Crippen LogP contribution in [0.2, 0.25) is 0 Å². The SMILES string of the molecule is CCCOc1ccc(-c2nn(-c3ccccc3)cc2/C=C2\SC(=S)N(CCC)C2=O)c(C)c1. The monoisotopic (exact) mass is 477 g/mol. The second-order valence-electron chi connectivity index (χ2n) is 7.87. The minimum atomic E-state index is -0.0368. The van der Waals surface area contributed by atoms with E-state index in [1.165, 1.54) is 11.8 Å². The van der Waals surface area contributed by atoms with Crippen LogP contribution >= 0.6 is 24.0 Å². The van der Waals surface area contributed by atoms with E-state index in [0.717, 1.165) is 46.7 Å². The van der Waals surface area contributed by atoms with Crippen LogP contribution in [0.1, 0.15) is 37.8 Å². The molecule has 3 aromatic rings. The molecule has 1 aromatic heterocycles. The predicted octanol–water partition coefficient (Wildman–Crippen LogP) is 6.25. The van der Waals surface area contributed by atoms with Gasteiger partial charge in [-0.3, -0.25) is 9.69 Å². The number of carbonyl (C=O) groups is 1. The number of aryl methyl sites for hydroxylation is 1. The average molecular weight is 478 g/mol. The van der Waals surface area contributed by atoms with E-state index in [2.05, 4.69) is 13.8 Å². The summed E-state index contributed by atoms with van der Waals surface area (Å²) in [6, 6.07) is 16.0. The Hall–Kier alpha value is -2.90. The maximum Gasteiger partial charge on any atom is 0.266 e. The van der Waals surface area contributed by atoms with E-state index in [4.69, 9.17) is 22.1 Å². The van der Waals surface area contributed by atoms with Crippen molar-refractivity contribution in [3.05, 3.63) is 70.8 Å². The summed E-state index contributed by atoms with van der Waals surface area (Å²) in [6.45, 7) is 7.51. The Morgan fingerprint density at radius 2 is 1.91 bits per heavy atom. The Labute approximate surface area is 204 Å². The van der Waals surface area contributed by atoms with Crippen molar-refractivity contribution in [2.45, 2.75) is 33.6 Å². The van der Waals surface area contributed by atoms with Crippen LogP contribution in [0, 0.1) is 6.92 Å². The second-order valence-corrected chi connectivity index (χ2v) is 9.55. The van der Waals surface area contributed by atoms with Gasteiger partial charge in [-0.2, -0.15) is 5.10 Å². The highest BCUT2D eigenvalue weighted by molar-refractivity contribution is 8.26. The lowest BCUT2D eigenvalue weighted by molar-refractivity contribution is -0.122. The summed E-state index contributed by atoms with van der Waals surface area (Å²) in [7, 11) is 0. The van der Waals surface area contributed by atoms with Gasteiger partial charge in [-0.15, -0.1) is 0 Å². The molecule has 1 fully saturated rings. The zero-order valence-corrected chi connectivity index (χ0v) is 20.7. The summed E-state index contributed by atoms with van der Waals surface area (Å²) in [4.78, 5) is 15.3. The van der Waals surface area contributed by atoms with Gasteiger partial charge in [0.05, 0.1) is 17.2 Å². The minimum absolute atomic E-state index is 0.0368. The molecule has 0 bridgehead atoms. The van der Waals surface area contributed by atoms with Crippen molar-refractivity contribution in [1.29, 1.82) is 0 Å². The van der Waals surface area contributed by atoms with Crippen molar-refractivity contribution in [2.24, 2.45) is 0 Å². The lowest BCUT2D eigenvalue weighted by atomic mass is 10.0. The quantitative estimate of drug-likeness (QED) is 0.284. The maximum atomic E-state index is 13.0. The fraction of sp³-hybridized carbons (Fsp3) is 0.269. The van der Waals surface area contributed by atoms with Gasteiger partial charge >= 0.3 is 0 Å². The lowest BCUT2D eigenvalue weighted by Gasteiger charge is -2.12. The summed E-state index contributed by atoms with van der Waals surface area (Å²) in [5.74, 6) is 0.813. The van der Waals surface area contributed by atoms with E-state index >= 15 is 0 Å². The van der Waals surface area contributed by atoms with E-state index in [0.29, 0.717) is 22.4 Å². The Bertz CT molecular complexity index is 1200. The average Bonchev–Trinajstić information content (AvgIpc) is 3.35. The first-order valence-corrected chi connectivity index (χ1v) is 12.4. The molecule has 0 radical (unpaired) electrons. The first-order valence-electron chi connectivity index (χ1n) is 11.2. The summed E-state index contributed by atoms with van der Waals surface area (Å²) in [5, 5.41) is 4.91. The van der Waals surface area contributed by atoms with E-state index in [9.17, 15) is 4.79 Å². The number of carbonyl (C=O) groups excluding carboxylic acids is 1. The van der Waals surface area contributed by atoms with Gasteiger partial charge in [0.25, 0.3) is 5.91 Å². The smallest absolute Gasteiger partial charge is 0.266 e. The third-order valence-corrected chi connectivity index (χ3v) is 6.67. The highest BCUT2D eigenvalue weighted by atomic mass is 32.2. The molecule has 0 N–H and O–H groups in total. The van der Waals surface area contributed by atoms with Crippen molar-refractivity contribution in [1.82, 2.24) is 14.7 Å². The molecular weight excluding hydrogens is 450 g/mol. The Balaban J connectivity index is 1.78. The lowest BCUT2D eigenvalue weighted by Crippen LogP contribution is -2.28. The fourth-order valence-electron chi connectivity index (χ4n) is 3.68. The van der Waals surface area contributed by atoms with Gasteiger partial charge in [0.1, 0.15) is 15.8 Å². The summed E-state index contributed by atoms with van der Waals surface area (Å²) in [5.41, 5.74) is 4.72. The molecular formula is C26H27N3O2S2. The number of benzene rings is 2. The van der Waals surface area contributed by atoms with Crippen molar-refractivity contribution >= 4 is 40.3 Å². The maximum absolute atomic E-state index is 13.0. The highest BCUT2D eigenvalue weighted by Gasteiger charge is 2.31. The minimum Gasteiger partial charge on any atom is -0.494 e. The van der Waals surface area contributed by atoms with Gasteiger partial charge in [-0.1, -0.05) is 56.0 Å². The molecule has 0 aliphatic carbocycles. The van der Waals surface area contributed by atoms with E-state index < -0.39 is 0 Å². The third-order valence-electron chi connectivity index (χ3n) is 5.30. The number of amides is 1. The molecule has 0 unspecified atom stereocenters. The van der Waals surface area contributed by atoms with Crippen molar-refractivity contribution < 1.29 is 9.53 Å². The third kappa shape index (κ3) is 5.04. The van der Waals surface area contributed by atoms with Gasteiger partial charge < -0.3 is 4.74 Å². The standard InChI is InChI=1S/C26H27N3O2S2/c1-4-13-28-25(30)23(33-26(28)32)16-19-17-29(20-9-7-6-8-10-20)27-24(19)22-12-11-21(15-18(22)3)31-14-5-2/h6-12,15-17H,4-5,13-14H2,1-3H3/b23-16-. The molecule has 33 heavy (non-hydrogen) atoms. The molecule has 0 saturated carbocycles. The number of rotatable bonds is 8. The molecule has 0 atom stereocenters. The zero-order valence-electron chi connectivity index (χ0n) is 19.1. The van der Waals surface area contributed by atoms with Crippen molar-refractivity contribution in [2.75, 3.05) is 13.2 Å². The van der Waals surface area contributed by atoms with Gasteiger partial charge in [0.2, 0.25) is 0 Å². The summed E-state index contributed by atoms with van der Waals surface area (Å²) in [6.07, 6.45) is 5.71. The van der Waals surface area contributed by atoms with Crippen LogP contribution in [0.15, 0.2) is 59.6 Å². The fourth-order valence-corrected chi connectivity index (χ4v) is 4.98. The van der Waals surface area contributed by atoms with E-state index in [1.54, 1.807) is 4.90 Å². The summed E-state index contributed by atoms with van der Waals surface area (Å²) < 4.78 is 8.26. The van der Waals surface area contributed by atoms with Gasteiger partial charge in [0, 0.05) is 23.9 Å². The molecule has 1 aliphatic rings. The predicted molar refractivity (Wildman–Crippen MR) is 140 cm³/mol. The van der Waals surface area contributed by atoms with Gasteiger partial charge in [-0.05, 0) is 61.7 Å². The van der Waals surface area contributed by atoms with Gasteiger partial charge in [-0.25, -0.2) is 4.68 Å². The van der Waals surface area contributed by atoms with E-state index in [1.807, 2.05) is 72.4 Å². The van der Waals surface area contributed by atoms with Crippen LogP contribution < -0.4 is 4.74 Å². The van der Waals surface area contributed by atoms with Crippen molar-refractivity contribution in [3.63, 3.8) is 0 Å². The summed E-state index contributed by atoms with van der Waals surface area (Å²) >= 11 is 6.80. The number of nitrogens with zero attached hydrogens (tertiary/aromatic N) is 3. The molecule has 2 aromatic carbocycles. The van der Waals surface area contributed by atoms with Crippen LogP contribution in [-0.4, -0.2) is 38.1 Å². The number of hydrogen-bond donors (Lipinski definition) is 0. The largest absolute Gasteiger partial charge is 0.494 e. The molecule has 2 heterocycles. The van der Waals surface area contributed by atoms with Crippen LogP contribution in [0.3, 0.4) is 0 Å². The van der Waals surface area contributed by atoms with Crippen LogP contribution in [0.5, 0.6) is 5.75 Å². The van der Waals surface area contributed by atoms with Gasteiger partial charge in [0.15, 0.2) is 0 Å². The van der Waals surface area contributed by atoms with E-state index in [-0.39, 0.29) is 5.91 Å². The zero-order chi connectivity index (χ0) is 23.4. The first kappa shape index (κ1) is 23.3. The Kier molecular flexibility index (Phi) is 7.30. The van der Waals surface area contributed by atoms with Crippen LogP contribution in [-0.2, 0) is 4.79 Å². The number of ether oxygens (including phenoxy) is 1. The van der Waals surface area contributed by atoms with Crippen LogP contribution in [0.25, 0.3) is 23.0 Å². The molecule has 7 heteroatoms. The molecule has 4 rings (SSSR count). The second kappa shape index (κ2) is 10.4. The highest BCUT2D eigenvalue weighted by Crippen LogP contribution is 2.36. The molecule has 5 nitrogen and oxygen atoms in total. The molecule has 170 valence electrons. The Morgan fingerprint density at radius 1 is 1.12 bits per heavy atom. The molecule has 1 amide bonds. The molecule has 0 spiro atoms. The van der Waals surface area contributed by atoms with Crippen molar-refractivity contribution in [3.8, 4) is 22.7 Å². The number of thioether (sulfide) groups is 1. The molecule has 1 aliphatic heterocycles. The number of hydrogen-bond acceptors (Lipinski definition) is 5. The molecule has 1 saturated heterocycles. The number of para-hydroxylation sites is 1. The van der Waals surface area contributed by atoms with Crippen LogP contribution in [0.4, 0.5) is 0 Å². The number of thiocarbonyl (C=S) groups is 1. The normalized spacial score (nSPS) is 15.0. The topological polar surface area (TPSA) is 47.4 Å². The number of aromatic nitrogens is 2. The first-order chi connectivity index (χ1) is 16.0. The Morgan fingerprint density at radius 3 is 2.61 bits per heavy atom.